The minimum Gasteiger partial charge on any atom is -0.492 e. The number of urea groups is 1. The maximum absolute atomic E-state index is 12.5. The summed E-state index contributed by atoms with van der Waals surface area (Å²) in [5.41, 5.74) is 2.53. The number of anilines is 1. The van der Waals surface area contributed by atoms with E-state index in [1.807, 2.05) is 74.3 Å². The van der Waals surface area contributed by atoms with E-state index in [0.717, 1.165) is 23.6 Å². The first-order chi connectivity index (χ1) is 13.1. The maximum atomic E-state index is 12.5. The Morgan fingerprint density at radius 3 is 2.63 bits per heavy atom. The SMILES string of the molecule is CCOc1ccc(NC(=O)N[C@@H](CC)c2ccnn2C)cc1-n1cccc1. The third-order valence-electron chi connectivity index (χ3n) is 4.33. The molecule has 1 aromatic carbocycles. The lowest BCUT2D eigenvalue weighted by Gasteiger charge is -2.18. The van der Waals surface area contributed by atoms with Gasteiger partial charge in [-0.3, -0.25) is 4.68 Å². The number of benzene rings is 1. The van der Waals surface area contributed by atoms with Crippen LogP contribution in [0.3, 0.4) is 0 Å². The summed E-state index contributed by atoms with van der Waals surface area (Å²) in [5.74, 6) is 0.765. The van der Waals surface area contributed by atoms with E-state index >= 15 is 0 Å². The minimum absolute atomic E-state index is 0.107. The van der Waals surface area contributed by atoms with Gasteiger partial charge in [0.05, 0.1) is 24.0 Å². The molecule has 2 aromatic heterocycles. The number of carbonyl (C=O) groups is 1. The molecule has 0 saturated carbocycles. The van der Waals surface area contributed by atoms with Crippen LogP contribution in [0.1, 0.15) is 32.0 Å². The smallest absolute Gasteiger partial charge is 0.319 e. The molecule has 3 aromatic rings. The quantitative estimate of drug-likeness (QED) is 0.665. The molecule has 27 heavy (non-hydrogen) atoms. The second-order valence-corrected chi connectivity index (χ2v) is 6.14. The van der Waals surface area contributed by atoms with Gasteiger partial charge in [-0.25, -0.2) is 4.79 Å². The molecule has 142 valence electrons. The first-order valence-corrected chi connectivity index (χ1v) is 9.08. The van der Waals surface area contributed by atoms with Gasteiger partial charge >= 0.3 is 6.03 Å². The molecule has 7 nitrogen and oxygen atoms in total. The summed E-state index contributed by atoms with van der Waals surface area (Å²) in [5, 5.41) is 10.1. The second-order valence-electron chi connectivity index (χ2n) is 6.14. The molecule has 0 spiro atoms. The molecule has 0 radical (unpaired) electrons. The van der Waals surface area contributed by atoms with Gasteiger partial charge in [0, 0.05) is 31.3 Å². The Bertz CT molecular complexity index is 886. The molecule has 0 aliphatic heterocycles. The van der Waals surface area contributed by atoms with Gasteiger partial charge in [-0.2, -0.15) is 5.10 Å². The van der Waals surface area contributed by atoms with Crippen LogP contribution in [0.4, 0.5) is 10.5 Å². The minimum atomic E-state index is -0.259. The Hall–Kier alpha value is -3.22. The number of nitrogens with one attached hydrogen (secondary N) is 2. The zero-order valence-corrected chi connectivity index (χ0v) is 15.8. The van der Waals surface area contributed by atoms with Crippen molar-refractivity contribution < 1.29 is 9.53 Å². The number of ether oxygens (including phenoxy) is 1. The molecule has 2 amide bonds. The standard InChI is InChI=1S/C20H25N5O2/c1-4-16(17-10-11-21-24(17)3)23-20(26)22-15-8-9-19(27-5-2)18(14-15)25-12-6-7-13-25/h6-14,16H,4-5H2,1-3H3,(H2,22,23,26)/t16-/m0/s1. The molecule has 3 rings (SSSR count). The molecule has 2 heterocycles. The van der Waals surface area contributed by atoms with Crippen molar-refractivity contribution in [3.05, 3.63) is 60.7 Å². The lowest BCUT2D eigenvalue weighted by atomic mass is 10.1. The number of aryl methyl sites for hydroxylation is 1. The van der Waals surface area contributed by atoms with Crippen molar-refractivity contribution in [3.63, 3.8) is 0 Å². The molecule has 0 aliphatic rings. The highest BCUT2D eigenvalue weighted by atomic mass is 16.5. The molecule has 0 fully saturated rings. The van der Waals surface area contributed by atoms with Gasteiger partial charge in [0.1, 0.15) is 5.75 Å². The Balaban J connectivity index is 1.76. The van der Waals surface area contributed by atoms with Crippen molar-refractivity contribution in [1.82, 2.24) is 19.7 Å². The Labute approximate surface area is 159 Å². The van der Waals surface area contributed by atoms with E-state index in [9.17, 15) is 4.79 Å². The molecule has 1 atom stereocenters. The Morgan fingerprint density at radius 2 is 2.00 bits per heavy atom. The van der Waals surface area contributed by atoms with E-state index in [1.54, 1.807) is 10.9 Å². The number of amides is 2. The van der Waals surface area contributed by atoms with Gasteiger partial charge < -0.3 is 19.9 Å². The number of rotatable bonds is 7. The van der Waals surface area contributed by atoms with Crippen LogP contribution >= 0.6 is 0 Å². The highest BCUT2D eigenvalue weighted by Gasteiger charge is 2.16. The topological polar surface area (TPSA) is 73.1 Å². The zero-order valence-electron chi connectivity index (χ0n) is 15.8. The molecule has 0 saturated heterocycles. The summed E-state index contributed by atoms with van der Waals surface area (Å²) in [6.07, 6.45) is 6.38. The summed E-state index contributed by atoms with van der Waals surface area (Å²) in [4.78, 5) is 12.5. The first-order valence-electron chi connectivity index (χ1n) is 9.08. The van der Waals surface area contributed by atoms with Crippen LogP contribution in [0.15, 0.2) is 55.0 Å². The van der Waals surface area contributed by atoms with Crippen molar-refractivity contribution in [2.75, 3.05) is 11.9 Å². The van der Waals surface area contributed by atoms with E-state index in [4.69, 9.17) is 4.74 Å². The van der Waals surface area contributed by atoms with E-state index in [-0.39, 0.29) is 12.1 Å². The predicted molar refractivity (Wildman–Crippen MR) is 105 cm³/mol. The molecule has 2 N–H and O–H groups in total. The summed E-state index contributed by atoms with van der Waals surface area (Å²) >= 11 is 0. The summed E-state index contributed by atoms with van der Waals surface area (Å²) in [6.45, 7) is 4.55. The van der Waals surface area contributed by atoms with Crippen molar-refractivity contribution in [1.29, 1.82) is 0 Å². The number of nitrogens with zero attached hydrogens (tertiary/aromatic N) is 3. The third-order valence-corrected chi connectivity index (χ3v) is 4.33. The number of carbonyl (C=O) groups excluding carboxylic acids is 1. The molecule has 0 unspecified atom stereocenters. The average molecular weight is 367 g/mol. The summed E-state index contributed by atoms with van der Waals surface area (Å²) in [6, 6.07) is 11.0. The number of hydrogen-bond acceptors (Lipinski definition) is 3. The molecule has 0 aliphatic carbocycles. The van der Waals surface area contributed by atoms with Gasteiger partial charge in [0.15, 0.2) is 0 Å². The van der Waals surface area contributed by atoms with Crippen molar-refractivity contribution in [2.24, 2.45) is 7.05 Å². The van der Waals surface area contributed by atoms with Crippen LogP contribution < -0.4 is 15.4 Å². The van der Waals surface area contributed by atoms with Crippen LogP contribution in [-0.2, 0) is 7.05 Å². The molecule has 0 bridgehead atoms. The van der Waals surface area contributed by atoms with Crippen LogP contribution in [0, 0.1) is 0 Å². The van der Waals surface area contributed by atoms with E-state index < -0.39 is 0 Å². The van der Waals surface area contributed by atoms with Crippen molar-refractivity contribution in [3.8, 4) is 11.4 Å². The fourth-order valence-corrected chi connectivity index (χ4v) is 3.01. The van der Waals surface area contributed by atoms with Gasteiger partial charge in [0.2, 0.25) is 0 Å². The second kappa shape index (κ2) is 8.44. The largest absolute Gasteiger partial charge is 0.492 e. The molecular weight excluding hydrogens is 342 g/mol. The predicted octanol–water partition coefficient (Wildman–Crippen LogP) is 3.88. The average Bonchev–Trinajstić information content (AvgIpc) is 3.33. The van der Waals surface area contributed by atoms with Crippen LogP contribution in [0.25, 0.3) is 5.69 Å². The van der Waals surface area contributed by atoms with E-state index in [2.05, 4.69) is 15.7 Å². The fraction of sp³-hybridized carbons (Fsp3) is 0.300. The first kappa shape index (κ1) is 18.6. The molecular formula is C20H25N5O2. The molecule has 7 heteroatoms. The number of hydrogen-bond donors (Lipinski definition) is 2. The third kappa shape index (κ3) is 4.31. The normalized spacial score (nSPS) is 11.8. The van der Waals surface area contributed by atoms with Crippen molar-refractivity contribution >= 4 is 11.7 Å². The Morgan fingerprint density at radius 1 is 1.22 bits per heavy atom. The number of aromatic nitrogens is 3. The van der Waals surface area contributed by atoms with Gasteiger partial charge in [0.25, 0.3) is 0 Å². The highest BCUT2D eigenvalue weighted by Crippen LogP contribution is 2.27. The van der Waals surface area contributed by atoms with Gasteiger partial charge in [-0.1, -0.05) is 6.92 Å². The monoisotopic (exact) mass is 367 g/mol. The lowest BCUT2D eigenvalue weighted by molar-refractivity contribution is 0.247. The van der Waals surface area contributed by atoms with E-state index in [1.165, 1.54) is 0 Å². The zero-order chi connectivity index (χ0) is 19.2. The summed E-state index contributed by atoms with van der Waals surface area (Å²) in [7, 11) is 1.87. The van der Waals surface area contributed by atoms with E-state index in [0.29, 0.717) is 12.3 Å². The maximum Gasteiger partial charge on any atom is 0.319 e. The van der Waals surface area contributed by atoms with Crippen LogP contribution in [0.5, 0.6) is 5.75 Å². The van der Waals surface area contributed by atoms with Crippen molar-refractivity contribution in [2.45, 2.75) is 26.3 Å². The fourth-order valence-electron chi connectivity index (χ4n) is 3.01. The van der Waals surface area contributed by atoms with Crippen LogP contribution in [0.2, 0.25) is 0 Å². The summed E-state index contributed by atoms with van der Waals surface area (Å²) < 4.78 is 9.44. The highest BCUT2D eigenvalue weighted by molar-refractivity contribution is 5.90. The van der Waals surface area contributed by atoms with Gasteiger partial charge in [-0.05, 0) is 49.7 Å². The van der Waals surface area contributed by atoms with Gasteiger partial charge in [-0.15, -0.1) is 0 Å². The lowest BCUT2D eigenvalue weighted by Crippen LogP contribution is -2.33. The Kier molecular flexibility index (Phi) is 5.80. The van der Waals surface area contributed by atoms with Crippen LogP contribution in [-0.4, -0.2) is 27.0 Å².